The van der Waals surface area contributed by atoms with Gasteiger partial charge in [0.05, 0.1) is 12.3 Å². The summed E-state index contributed by atoms with van der Waals surface area (Å²) in [6, 6.07) is 10.1. The number of nitrogens with zero attached hydrogens (tertiary/aromatic N) is 2. The second kappa shape index (κ2) is 6.15. The van der Waals surface area contributed by atoms with Crippen LogP contribution < -0.4 is 5.32 Å². The molecule has 3 aromatic heterocycles. The molecule has 0 aliphatic carbocycles. The van der Waals surface area contributed by atoms with Crippen molar-refractivity contribution >= 4 is 16.9 Å². The van der Waals surface area contributed by atoms with E-state index in [-0.39, 0.29) is 6.61 Å². The Labute approximate surface area is 129 Å². The topological polar surface area (TPSA) is 73.8 Å². The highest BCUT2D eigenvalue weighted by atomic mass is 16.3. The molecule has 0 aliphatic rings. The molecule has 0 saturated carbocycles. The molecule has 0 aromatic carbocycles. The summed E-state index contributed by atoms with van der Waals surface area (Å²) >= 11 is 0. The van der Waals surface area contributed by atoms with E-state index in [2.05, 4.69) is 35.2 Å². The van der Waals surface area contributed by atoms with Crippen LogP contribution in [0.4, 0.5) is 5.82 Å². The molecule has 0 amide bonds. The normalized spacial score (nSPS) is 11.3. The van der Waals surface area contributed by atoms with E-state index in [1.165, 1.54) is 0 Å². The Hall–Kier alpha value is -2.40. The highest BCUT2D eigenvalue weighted by Crippen LogP contribution is 2.29. The number of anilines is 1. The fourth-order valence-electron chi connectivity index (χ4n) is 2.45. The van der Waals surface area contributed by atoms with Gasteiger partial charge >= 0.3 is 0 Å². The van der Waals surface area contributed by atoms with Gasteiger partial charge < -0.3 is 15.4 Å². The third-order valence-electron chi connectivity index (χ3n) is 3.58. The van der Waals surface area contributed by atoms with Crippen LogP contribution in [0.2, 0.25) is 0 Å². The zero-order valence-electron chi connectivity index (χ0n) is 12.8. The van der Waals surface area contributed by atoms with Gasteiger partial charge in [-0.1, -0.05) is 19.9 Å². The van der Waals surface area contributed by atoms with Crippen molar-refractivity contribution in [3.63, 3.8) is 0 Å². The summed E-state index contributed by atoms with van der Waals surface area (Å²) in [6.45, 7) is 4.82. The van der Waals surface area contributed by atoms with Gasteiger partial charge in [-0.25, -0.2) is 4.98 Å². The minimum Gasteiger partial charge on any atom is -0.395 e. The van der Waals surface area contributed by atoms with Gasteiger partial charge in [-0.05, 0) is 30.2 Å². The lowest BCUT2D eigenvalue weighted by Gasteiger charge is -2.10. The summed E-state index contributed by atoms with van der Waals surface area (Å²) in [6.07, 6.45) is 1.88. The van der Waals surface area contributed by atoms with E-state index in [0.29, 0.717) is 12.5 Å². The predicted octanol–water partition coefficient (Wildman–Crippen LogP) is 3.15. The number of rotatable bonds is 5. The maximum absolute atomic E-state index is 8.97. The molecular weight excluding hydrogens is 276 g/mol. The first kappa shape index (κ1) is 14.5. The highest BCUT2D eigenvalue weighted by molar-refractivity contribution is 5.93. The van der Waals surface area contributed by atoms with E-state index >= 15 is 0 Å². The number of aliphatic hydroxyl groups is 1. The van der Waals surface area contributed by atoms with Gasteiger partial charge in [0, 0.05) is 29.4 Å². The second-order valence-corrected chi connectivity index (χ2v) is 5.55. The number of nitrogens with one attached hydrogen (secondary N) is 2. The summed E-state index contributed by atoms with van der Waals surface area (Å²) in [5, 5.41) is 13.1. The van der Waals surface area contributed by atoms with Gasteiger partial charge in [-0.2, -0.15) is 0 Å². The standard InChI is InChI=1S/C17H20N4O/c1-11(2)14-4-3-5-15(20-14)13-10-16(18-8-9-22)21-17-12(13)6-7-19-17/h3-7,10-11,22H,8-9H2,1-2H3,(H2,18,19,21). The van der Waals surface area contributed by atoms with Crippen LogP contribution in [0.5, 0.6) is 0 Å². The molecule has 0 aliphatic heterocycles. The van der Waals surface area contributed by atoms with Crippen molar-refractivity contribution < 1.29 is 5.11 Å². The quantitative estimate of drug-likeness (QED) is 0.676. The molecule has 3 heterocycles. The Morgan fingerprint density at radius 3 is 2.86 bits per heavy atom. The van der Waals surface area contributed by atoms with Crippen LogP contribution >= 0.6 is 0 Å². The first-order valence-electron chi connectivity index (χ1n) is 7.49. The number of hydrogen-bond acceptors (Lipinski definition) is 4. The van der Waals surface area contributed by atoms with Gasteiger partial charge in [0.15, 0.2) is 0 Å². The maximum Gasteiger partial charge on any atom is 0.140 e. The molecule has 0 radical (unpaired) electrons. The van der Waals surface area contributed by atoms with Gasteiger partial charge in [0.1, 0.15) is 11.5 Å². The number of aliphatic hydroxyl groups excluding tert-OH is 1. The molecule has 0 spiro atoms. The Morgan fingerprint density at radius 1 is 1.23 bits per heavy atom. The van der Waals surface area contributed by atoms with Crippen LogP contribution in [0, 0.1) is 0 Å². The molecule has 5 nitrogen and oxygen atoms in total. The van der Waals surface area contributed by atoms with Crippen molar-refractivity contribution in [1.82, 2.24) is 15.0 Å². The van der Waals surface area contributed by atoms with Crippen molar-refractivity contribution in [2.75, 3.05) is 18.5 Å². The van der Waals surface area contributed by atoms with Crippen LogP contribution in [0.15, 0.2) is 36.5 Å². The molecule has 0 bridgehead atoms. The van der Waals surface area contributed by atoms with E-state index in [9.17, 15) is 0 Å². The first-order valence-corrected chi connectivity index (χ1v) is 7.49. The third-order valence-corrected chi connectivity index (χ3v) is 3.58. The molecule has 22 heavy (non-hydrogen) atoms. The summed E-state index contributed by atoms with van der Waals surface area (Å²) in [5.41, 5.74) is 3.86. The van der Waals surface area contributed by atoms with Crippen LogP contribution in [-0.4, -0.2) is 33.2 Å². The Bertz CT molecular complexity index is 779. The Balaban J connectivity index is 2.12. The van der Waals surface area contributed by atoms with E-state index in [1.807, 2.05) is 30.5 Å². The maximum atomic E-state index is 8.97. The monoisotopic (exact) mass is 296 g/mol. The van der Waals surface area contributed by atoms with E-state index < -0.39 is 0 Å². The molecule has 5 heteroatoms. The molecule has 0 unspecified atom stereocenters. The number of H-pyrrole nitrogens is 1. The molecule has 3 N–H and O–H groups in total. The molecule has 3 aromatic rings. The number of pyridine rings is 2. The number of hydrogen-bond donors (Lipinski definition) is 3. The predicted molar refractivity (Wildman–Crippen MR) is 89.0 cm³/mol. The molecule has 0 fully saturated rings. The van der Waals surface area contributed by atoms with Crippen molar-refractivity contribution in [2.24, 2.45) is 0 Å². The van der Waals surface area contributed by atoms with Crippen molar-refractivity contribution in [2.45, 2.75) is 19.8 Å². The number of fused-ring (bicyclic) bond motifs is 1. The van der Waals surface area contributed by atoms with E-state index in [4.69, 9.17) is 10.1 Å². The number of aromatic nitrogens is 3. The molecule has 114 valence electrons. The molecular formula is C17H20N4O. The lowest BCUT2D eigenvalue weighted by molar-refractivity contribution is 0.311. The van der Waals surface area contributed by atoms with E-state index in [1.54, 1.807) is 0 Å². The zero-order valence-corrected chi connectivity index (χ0v) is 12.8. The highest BCUT2D eigenvalue weighted by Gasteiger charge is 2.11. The average molecular weight is 296 g/mol. The summed E-state index contributed by atoms with van der Waals surface area (Å²) in [4.78, 5) is 12.4. The fourth-order valence-corrected chi connectivity index (χ4v) is 2.45. The second-order valence-electron chi connectivity index (χ2n) is 5.55. The zero-order chi connectivity index (χ0) is 15.5. The first-order chi connectivity index (χ1) is 10.7. The third kappa shape index (κ3) is 2.80. The molecule has 3 rings (SSSR count). The van der Waals surface area contributed by atoms with Crippen molar-refractivity contribution in [3.8, 4) is 11.3 Å². The lowest BCUT2D eigenvalue weighted by atomic mass is 10.1. The van der Waals surface area contributed by atoms with Crippen molar-refractivity contribution in [1.29, 1.82) is 0 Å². The van der Waals surface area contributed by atoms with Gasteiger partial charge in [-0.15, -0.1) is 0 Å². The molecule has 0 atom stereocenters. The minimum atomic E-state index is 0.0703. The van der Waals surface area contributed by atoms with Crippen LogP contribution in [0.25, 0.3) is 22.3 Å². The summed E-state index contributed by atoms with van der Waals surface area (Å²) in [5.74, 6) is 1.12. The largest absolute Gasteiger partial charge is 0.395 e. The van der Waals surface area contributed by atoms with Crippen molar-refractivity contribution in [3.05, 3.63) is 42.2 Å². The minimum absolute atomic E-state index is 0.0703. The summed E-state index contributed by atoms with van der Waals surface area (Å²) < 4.78 is 0. The fraction of sp³-hybridized carbons (Fsp3) is 0.294. The summed E-state index contributed by atoms with van der Waals surface area (Å²) in [7, 11) is 0. The average Bonchev–Trinajstić information content (AvgIpc) is 3.00. The Morgan fingerprint density at radius 2 is 2.09 bits per heavy atom. The number of aromatic amines is 1. The SMILES string of the molecule is CC(C)c1cccc(-c2cc(NCCO)nc3[nH]ccc23)n1. The Kier molecular flexibility index (Phi) is 4.06. The van der Waals surface area contributed by atoms with Crippen LogP contribution in [0.3, 0.4) is 0 Å². The smallest absolute Gasteiger partial charge is 0.140 e. The molecule has 0 saturated heterocycles. The van der Waals surface area contributed by atoms with Gasteiger partial charge in [0.2, 0.25) is 0 Å². The lowest BCUT2D eigenvalue weighted by Crippen LogP contribution is -2.07. The van der Waals surface area contributed by atoms with Gasteiger partial charge in [-0.3, -0.25) is 4.98 Å². The van der Waals surface area contributed by atoms with E-state index in [0.717, 1.165) is 33.8 Å². The van der Waals surface area contributed by atoms with Crippen LogP contribution in [-0.2, 0) is 0 Å². The van der Waals surface area contributed by atoms with Crippen LogP contribution in [0.1, 0.15) is 25.5 Å². The van der Waals surface area contributed by atoms with Gasteiger partial charge in [0.25, 0.3) is 0 Å².